The highest BCUT2D eigenvalue weighted by atomic mass is 16.2. The second kappa shape index (κ2) is 6.20. The van der Waals surface area contributed by atoms with E-state index in [9.17, 15) is 14.4 Å². The molecule has 4 aromatic heterocycles. The smallest absolute Gasteiger partial charge is 0.329 e. The molecule has 4 aromatic rings. The van der Waals surface area contributed by atoms with Crippen LogP contribution in [0.1, 0.15) is 21.6 Å². The van der Waals surface area contributed by atoms with Gasteiger partial charge in [0.05, 0.1) is 16.5 Å². The van der Waals surface area contributed by atoms with Crippen molar-refractivity contribution >= 4 is 22.5 Å². The molecule has 4 rings (SSSR count). The highest BCUT2D eigenvalue weighted by Crippen LogP contribution is 2.14. The van der Waals surface area contributed by atoms with Crippen molar-refractivity contribution in [2.24, 2.45) is 7.05 Å². The molecular weight excluding hydrogens is 348 g/mol. The third kappa shape index (κ3) is 2.78. The number of carbonyl (C=O) groups is 1. The van der Waals surface area contributed by atoms with Gasteiger partial charge in [-0.25, -0.2) is 14.3 Å². The SMILES string of the molecule is Cc1cc(C(=O)NCc2cccn3nccc23)c2c(=O)[nH]c(=O)n(C)c2n1. The van der Waals surface area contributed by atoms with Gasteiger partial charge in [0.2, 0.25) is 0 Å². The average molecular weight is 364 g/mol. The van der Waals surface area contributed by atoms with Crippen molar-refractivity contribution in [2.75, 3.05) is 0 Å². The van der Waals surface area contributed by atoms with Crippen LogP contribution in [0.5, 0.6) is 0 Å². The average Bonchev–Trinajstić information content (AvgIpc) is 3.12. The third-order valence-electron chi connectivity index (χ3n) is 4.41. The fourth-order valence-electron chi connectivity index (χ4n) is 3.08. The summed E-state index contributed by atoms with van der Waals surface area (Å²) >= 11 is 0. The summed E-state index contributed by atoms with van der Waals surface area (Å²) in [7, 11) is 1.50. The molecule has 0 radical (unpaired) electrons. The molecule has 9 nitrogen and oxygen atoms in total. The van der Waals surface area contributed by atoms with Crippen molar-refractivity contribution in [3.8, 4) is 0 Å². The van der Waals surface area contributed by atoms with Gasteiger partial charge in [0.15, 0.2) is 0 Å². The second-order valence-corrected chi connectivity index (χ2v) is 6.21. The summed E-state index contributed by atoms with van der Waals surface area (Å²) in [5.74, 6) is -0.420. The van der Waals surface area contributed by atoms with Gasteiger partial charge < -0.3 is 5.32 Å². The van der Waals surface area contributed by atoms with Gasteiger partial charge >= 0.3 is 5.69 Å². The van der Waals surface area contributed by atoms with Gasteiger partial charge in [-0.1, -0.05) is 6.07 Å². The zero-order chi connectivity index (χ0) is 19.1. The van der Waals surface area contributed by atoms with Gasteiger partial charge in [-0.2, -0.15) is 5.10 Å². The van der Waals surface area contributed by atoms with E-state index in [0.717, 1.165) is 11.1 Å². The normalized spacial score (nSPS) is 11.2. The van der Waals surface area contributed by atoms with Gasteiger partial charge in [0, 0.05) is 31.7 Å². The van der Waals surface area contributed by atoms with E-state index < -0.39 is 17.2 Å². The lowest BCUT2D eigenvalue weighted by Gasteiger charge is -2.11. The standard InChI is InChI=1S/C18H16N6O3/c1-10-8-12(14-15(21-10)23(2)18(27)22-17(14)26)16(25)19-9-11-4-3-7-24-13(11)5-6-20-24/h3-8H,9H2,1-2H3,(H,19,25)(H,22,26,27). The van der Waals surface area contributed by atoms with Crippen LogP contribution in [0.4, 0.5) is 0 Å². The number of nitrogens with one attached hydrogen (secondary N) is 2. The van der Waals surface area contributed by atoms with Gasteiger partial charge in [0.25, 0.3) is 11.5 Å². The zero-order valence-corrected chi connectivity index (χ0v) is 14.7. The van der Waals surface area contributed by atoms with Crippen LogP contribution in [0.2, 0.25) is 0 Å². The Labute approximate surface area is 152 Å². The summed E-state index contributed by atoms with van der Waals surface area (Å²) in [6.45, 7) is 1.97. The van der Waals surface area contributed by atoms with Gasteiger partial charge in [-0.05, 0) is 30.7 Å². The molecule has 4 heterocycles. The Morgan fingerprint density at radius 2 is 2.11 bits per heavy atom. The highest BCUT2D eigenvalue weighted by molar-refractivity contribution is 6.05. The minimum Gasteiger partial charge on any atom is -0.348 e. The number of hydrogen-bond donors (Lipinski definition) is 2. The molecule has 0 fully saturated rings. The zero-order valence-electron chi connectivity index (χ0n) is 14.7. The van der Waals surface area contributed by atoms with Crippen LogP contribution in [0.25, 0.3) is 16.6 Å². The Morgan fingerprint density at radius 3 is 2.93 bits per heavy atom. The number of fused-ring (bicyclic) bond motifs is 2. The van der Waals surface area contributed by atoms with E-state index in [-0.39, 0.29) is 23.1 Å². The predicted octanol–water partition coefficient (Wildman–Crippen LogP) is 0.508. The van der Waals surface area contributed by atoms with E-state index in [1.165, 1.54) is 17.7 Å². The molecule has 136 valence electrons. The number of aromatic amines is 1. The van der Waals surface area contributed by atoms with Crippen LogP contribution in [0.15, 0.2) is 46.2 Å². The Kier molecular flexibility index (Phi) is 3.84. The van der Waals surface area contributed by atoms with E-state index in [0.29, 0.717) is 5.69 Å². The number of hydrogen-bond acceptors (Lipinski definition) is 5. The number of rotatable bonds is 3. The van der Waals surface area contributed by atoms with Gasteiger partial charge in [-0.3, -0.25) is 19.1 Å². The number of aryl methyl sites for hydroxylation is 2. The van der Waals surface area contributed by atoms with E-state index in [2.05, 4.69) is 20.4 Å². The van der Waals surface area contributed by atoms with Crippen molar-refractivity contribution in [1.82, 2.24) is 29.5 Å². The minimum atomic E-state index is -0.636. The highest BCUT2D eigenvalue weighted by Gasteiger charge is 2.17. The topological polar surface area (TPSA) is 114 Å². The van der Waals surface area contributed by atoms with Crippen LogP contribution >= 0.6 is 0 Å². The molecule has 0 atom stereocenters. The summed E-state index contributed by atoms with van der Waals surface area (Å²) in [6, 6.07) is 7.13. The maximum atomic E-state index is 12.8. The molecule has 0 bridgehead atoms. The fourth-order valence-corrected chi connectivity index (χ4v) is 3.08. The summed E-state index contributed by atoms with van der Waals surface area (Å²) in [4.78, 5) is 43.4. The van der Waals surface area contributed by atoms with Crippen molar-refractivity contribution in [1.29, 1.82) is 0 Å². The number of pyridine rings is 2. The first kappa shape index (κ1) is 16.7. The summed E-state index contributed by atoms with van der Waals surface area (Å²) in [6.07, 6.45) is 3.50. The largest absolute Gasteiger partial charge is 0.348 e. The fraction of sp³-hybridized carbons (Fsp3) is 0.167. The minimum absolute atomic E-state index is 0.0859. The maximum absolute atomic E-state index is 12.8. The molecule has 0 aliphatic rings. The lowest BCUT2D eigenvalue weighted by molar-refractivity contribution is 0.0952. The van der Waals surface area contributed by atoms with Crippen LogP contribution in [0.3, 0.4) is 0 Å². The monoisotopic (exact) mass is 364 g/mol. The quantitative estimate of drug-likeness (QED) is 0.550. The summed E-state index contributed by atoms with van der Waals surface area (Å²) in [5, 5.41) is 7.08. The molecular formula is C18H16N6O3. The van der Waals surface area contributed by atoms with E-state index in [1.54, 1.807) is 17.6 Å². The van der Waals surface area contributed by atoms with Crippen molar-refractivity contribution in [2.45, 2.75) is 13.5 Å². The Hall–Kier alpha value is -3.75. The molecule has 0 spiro atoms. The lowest BCUT2D eigenvalue weighted by Crippen LogP contribution is -2.32. The van der Waals surface area contributed by atoms with Crippen molar-refractivity contribution in [3.05, 3.63) is 74.3 Å². The first-order valence-electron chi connectivity index (χ1n) is 8.26. The molecule has 0 aliphatic heterocycles. The van der Waals surface area contributed by atoms with Crippen LogP contribution < -0.4 is 16.6 Å². The maximum Gasteiger partial charge on any atom is 0.329 e. The molecule has 0 aromatic carbocycles. The van der Waals surface area contributed by atoms with E-state index in [4.69, 9.17) is 0 Å². The molecule has 9 heteroatoms. The van der Waals surface area contributed by atoms with E-state index >= 15 is 0 Å². The van der Waals surface area contributed by atoms with Gasteiger partial charge in [0.1, 0.15) is 5.65 Å². The first-order chi connectivity index (χ1) is 13.0. The molecule has 1 amide bonds. The van der Waals surface area contributed by atoms with Crippen LogP contribution in [-0.2, 0) is 13.6 Å². The number of H-pyrrole nitrogens is 1. The number of carbonyl (C=O) groups excluding carboxylic acids is 1. The Balaban J connectivity index is 1.75. The summed E-state index contributed by atoms with van der Waals surface area (Å²) < 4.78 is 2.93. The molecule has 0 unspecified atom stereocenters. The van der Waals surface area contributed by atoms with Gasteiger partial charge in [-0.15, -0.1) is 0 Å². The van der Waals surface area contributed by atoms with Crippen molar-refractivity contribution in [3.63, 3.8) is 0 Å². The van der Waals surface area contributed by atoms with E-state index in [1.807, 2.05) is 24.4 Å². The first-order valence-corrected chi connectivity index (χ1v) is 8.26. The lowest BCUT2D eigenvalue weighted by atomic mass is 10.1. The van der Waals surface area contributed by atoms with Crippen LogP contribution in [-0.4, -0.2) is 30.1 Å². The third-order valence-corrected chi connectivity index (χ3v) is 4.41. The molecule has 0 saturated carbocycles. The van der Waals surface area contributed by atoms with Crippen LogP contribution in [0, 0.1) is 6.92 Å². The molecule has 0 aliphatic carbocycles. The number of nitrogens with zero attached hydrogens (tertiary/aromatic N) is 4. The predicted molar refractivity (Wildman–Crippen MR) is 98.7 cm³/mol. The molecule has 27 heavy (non-hydrogen) atoms. The summed E-state index contributed by atoms with van der Waals surface area (Å²) in [5.41, 5.74) is 1.44. The number of amides is 1. The number of aromatic nitrogens is 5. The molecule has 0 saturated heterocycles. The van der Waals surface area contributed by atoms with Crippen molar-refractivity contribution < 1.29 is 4.79 Å². The second-order valence-electron chi connectivity index (χ2n) is 6.21. The Morgan fingerprint density at radius 1 is 1.30 bits per heavy atom. The Bertz CT molecular complexity index is 1310. The molecule has 2 N–H and O–H groups in total.